The van der Waals surface area contributed by atoms with Crippen LogP contribution in [0.3, 0.4) is 0 Å². The number of benzene rings is 1. The van der Waals surface area contributed by atoms with Crippen LogP contribution in [0.1, 0.15) is 21.6 Å². The summed E-state index contributed by atoms with van der Waals surface area (Å²) in [5.74, 6) is -0.880. The van der Waals surface area contributed by atoms with E-state index in [0.29, 0.717) is 30.8 Å². The Morgan fingerprint density at radius 2 is 2.15 bits per heavy atom. The summed E-state index contributed by atoms with van der Waals surface area (Å²) in [7, 11) is 1.56. The zero-order valence-electron chi connectivity index (χ0n) is 18.6. The number of pyridine rings is 1. The molecular formula is C25H24FN5O3. The Balaban J connectivity index is 1.37. The Morgan fingerprint density at radius 1 is 1.29 bits per heavy atom. The molecule has 0 aliphatic carbocycles. The van der Waals surface area contributed by atoms with E-state index in [4.69, 9.17) is 0 Å². The van der Waals surface area contributed by atoms with Crippen LogP contribution in [0.4, 0.5) is 4.39 Å². The number of hydrogen-bond donors (Lipinski definition) is 3. The summed E-state index contributed by atoms with van der Waals surface area (Å²) in [4.78, 5) is 33.3. The van der Waals surface area contributed by atoms with Gasteiger partial charge in [-0.05, 0) is 41.0 Å². The van der Waals surface area contributed by atoms with Crippen LogP contribution in [0.5, 0.6) is 0 Å². The Labute approximate surface area is 194 Å². The number of carbonyl (C=O) groups is 1. The highest BCUT2D eigenvalue weighted by molar-refractivity contribution is 5.92. The summed E-state index contributed by atoms with van der Waals surface area (Å²) in [5.41, 5.74) is 4.15. The van der Waals surface area contributed by atoms with Gasteiger partial charge in [0.05, 0.1) is 17.6 Å². The highest BCUT2D eigenvalue weighted by Crippen LogP contribution is 2.28. The van der Waals surface area contributed by atoms with Crippen molar-refractivity contribution in [1.82, 2.24) is 24.6 Å². The third-order valence-electron chi connectivity index (χ3n) is 6.29. The summed E-state index contributed by atoms with van der Waals surface area (Å²) in [5, 5.41) is 12.6. The van der Waals surface area contributed by atoms with Crippen molar-refractivity contribution in [2.24, 2.45) is 5.92 Å². The number of aromatic amines is 1. The highest BCUT2D eigenvalue weighted by atomic mass is 19.1. The molecule has 0 radical (unpaired) electrons. The maximum Gasteiger partial charge on any atom is 0.275 e. The third kappa shape index (κ3) is 3.89. The molecule has 1 aliphatic heterocycles. The summed E-state index contributed by atoms with van der Waals surface area (Å²) in [6, 6.07) is 10.6. The second-order valence-corrected chi connectivity index (χ2v) is 8.43. The zero-order chi connectivity index (χ0) is 23.8. The number of halogens is 1. The van der Waals surface area contributed by atoms with E-state index in [1.165, 1.54) is 6.07 Å². The molecule has 0 spiro atoms. The van der Waals surface area contributed by atoms with E-state index in [2.05, 4.69) is 26.3 Å². The van der Waals surface area contributed by atoms with Crippen molar-refractivity contribution in [2.45, 2.75) is 6.54 Å². The monoisotopic (exact) mass is 461 g/mol. The fraction of sp³-hybridized carbons (Fsp3) is 0.240. The van der Waals surface area contributed by atoms with Gasteiger partial charge in [-0.1, -0.05) is 18.2 Å². The van der Waals surface area contributed by atoms with Gasteiger partial charge in [0.25, 0.3) is 11.5 Å². The number of hydrogen-bond acceptors (Lipinski definition) is 5. The Hall–Kier alpha value is -3.82. The SMILES string of the molecule is CNC(=O)c1ccc(C2=CCN(Cc3ccc4c(c3)[nH]c(=O)c3c(F)ccn34)CC2CO)cn1. The first-order valence-electron chi connectivity index (χ1n) is 11.0. The maximum atomic E-state index is 13.9. The molecule has 34 heavy (non-hydrogen) atoms. The van der Waals surface area contributed by atoms with Gasteiger partial charge in [-0.25, -0.2) is 4.39 Å². The molecule has 4 aromatic rings. The number of fused-ring (bicyclic) bond motifs is 3. The van der Waals surface area contributed by atoms with E-state index >= 15 is 0 Å². The van der Waals surface area contributed by atoms with Crippen molar-refractivity contribution >= 4 is 28.0 Å². The summed E-state index contributed by atoms with van der Waals surface area (Å²) in [6.07, 6.45) is 5.30. The molecule has 0 saturated heterocycles. The molecule has 1 aliphatic rings. The molecule has 0 saturated carbocycles. The quantitative estimate of drug-likeness (QED) is 0.423. The molecule has 9 heteroatoms. The van der Waals surface area contributed by atoms with Crippen LogP contribution in [-0.2, 0) is 6.54 Å². The molecule has 5 rings (SSSR count). The lowest BCUT2D eigenvalue weighted by molar-refractivity contribution is 0.0958. The van der Waals surface area contributed by atoms with E-state index in [1.807, 2.05) is 24.3 Å². The van der Waals surface area contributed by atoms with Gasteiger partial charge in [-0.2, -0.15) is 0 Å². The van der Waals surface area contributed by atoms with Gasteiger partial charge in [-0.3, -0.25) is 19.5 Å². The van der Waals surface area contributed by atoms with Crippen LogP contribution < -0.4 is 10.9 Å². The Morgan fingerprint density at radius 3 is 2.88 bits per heavy atom. The van der Waals surface area contributed by atoms with E-state index in [-0.39, 0.29) is 23.9 Å². The van der Waals surface area contributed by atoms with Crippen molar-refractivity contribution in [3.8, 4) is 0 Å². The molecule has 3 N–H and O–H groups in total. The first-order chi connectivity index (χ1) is 16.5. The first-order valence-corrected chi connectivity index (χ1v) is 11.0. The van der Waals surface area contributed by atoms with Gasteiger partial charge in [-0.15, -0.1) is 0 Å². The second-order valence-electron chi connectivity index (χ2n) is 8.43. The number of carbonyl (C=O) groups excluding carboxylic acids is 1. The summed E-state index contributed by atoms with van der Waals surface area (Å²) < 4.78 is 15.5. The number of rotatable bonds is 5. The number of amides is 1. The minimum absolute atomic E-state index is 0.0116. The van der Waals surface area contributed by atoms with Crippen LogP contribution in [-0.4, -0.2) is 57.0 Å². The van der Waals surface area contributed by atoms with Crippen molar-refractivity contribution in [3.05, 3.63) is 87.9 Å². The maximum absolute atomic E-state index is 13.9. The molecular weight excluding hydrogens is 437 g/mol. The first kappa shape index (κ1) is 22.0. The van der Waals surface area contributed by atoms with Crippen molar-refractivity contribution in [3.63, 3.8) is 0 Å². The molecule has 1 unspecified atom stereocenters. The average molecular weight is 461 g/mol. The molecule has 1 amide bonds. The van der Waals surface area contributed by atoms with Crippen LogP contribution in [0.25, 0.3) is 22.1 Å². The van der Waals surface area contributed by atoms with Gasteiger partial charge >= 0.3 is 0 Å². The van der Waals surface area contributed by atoms with Crippen molar-refractivity contribution in [2.75, 3.05) is 26.7 Å². The molecule has 8 nitrogen and oxygen atoms in total. The van der Waals surface area contributed by atoms with Crippen LogP contribution >= 0.6 is 0 Å². The van der Waals surface area contributed by atoms with Gasteiger partial charge < -0.3 is 19.8 Å². The minimum atomic E-state index is -0.545. The summed E-state index contributed by atoms with van der Waals surface area (Å²) in [6.45, 7) is 1.95. The predicted octanol–water partition coefficient (Wildman–Crippen LogP) is 2.18. The Bertz CT molecular complexity index is 1470. The third-order valence-corrected chi connectivity index (χ3v) is 6.29. The number of aliphatic hydroxyl groups excluding tert-OH is 1. The molecule has 1 atom stereocenters. The molecule has 1 aromatic carbocycles. The smallest absolute Gasteiger partial charge is 0.275 e. The fourth-order valence-electron chi connectivity index (χ4n) is 4.60. The molecule has 4 heterocycles. The van der Waals surface area contributed by atoms with E-state index in [1.54, 1.807) is 29.9 Å². The zero-order valence-corrected chi connectivity index (χ0v) is 18.6. The van der Waals surface area contributed by atoms with Crippen LogP contribution in [0.2, 0.25) is 0 Å². The van der Waals surface area contributed by atoms with Gasteiger partial charge in [0.1, 0.15) is 11.2 Å². The van der Waals surface area contributed by atoms with E-state index in [9.17, 15) is 19.1 Å². The molecule has 3 aromatic heterocycles. The highest BCUT2D eigenvalue weighted by Gasteiger charge is 2.24. The van der Waals surface area contributed by atoms with Crippen LogP contribution in [0.15, 0.2) is 59.7 Å². The number of nitrogens with one attached hydrogen (secondary N) is 2. The number of aromatic nitrogens is 3. The lowest BCUT2D eigenvalue weighted by atomic mass is 9.90. The van der Waals surface area contributed by atoms with Crippen molar-refractivity contribution < 1.29 is 14.3 Å². The van der Waals surface area contributed by atoms with Crippen molar-refractivity contribution in [1.29, 1.82) is 0 Å². The largest absolute Gasteiger partial charge is 0.396 e. The number of nitrogens with zero attached hydrogens (tertiary/aromatic N) is 3. The lowest BCUT2D eigenvalue weighted by Gasteiger charge is -2.32. The second kappa shape index (κ2) is 8.85. The van der Waals surface area contributed by atoms with Crippen LogP contribution in [0, 0.1) is 11.7 Å². The van der Waals surface area contributed by atoms with E-state index in [0.717, 1.165) is 22.2 Å². The molecule has 0 fully saturated rings. The molecule has 174 valence electrons. The van der Waals surface area contributed by atoms with Gasteiger partial charge in [0.2, 0.25) is 0 Å². The lowest BCUT2D eigenvalue weighted by Crippen LogP contribution is -2.35. The average Bonchev–Trinajstić information content (AvgIpc) is 3.25. The number of H-pyrrole nitrogens is 1. The fourth-order valence-corrected chi connectivity index (χ4v) is 4.60. The topological polar surface area (TPSA) is 103 Å². The predicted molar refractivity (Wildman–Crippen MR) is 127 cm³/mol. The van der Waals surface area contributed by atoms with Gasteiger partial charge in [0.15, 0.2) is 5.82 Å². The van der Waals surface area contributed by atoms with E-state index < -0.39 is 11.4 Å². The standard InChI is InChI=1S/C25H24FN5O3/c1-27-24(33)20-4-3-16(11-28-20)18-6-8-30(13-17(18)14-32)12-15-2-5-22-21(10-15)29-25(34)23-19(26)7-9-31(22)23/h2-7,9-11,17,32H,8,12-14H2,1H3,(H,27,33)(H,29,34). The summed E-state index contributed by atoms with van der Waals surface area (Å²) >= 11 is 0. The minimum Gasteiger partial charge on any atom is -0.396 e. The molecule has 0 bridgehead atoms. The van der Waals surface area contributed by atoms with Gasteiger partial charge in [0, 0.05) is 45.0 Å². The number of aliphatic hydroxyl groups is 1. The Kier molecular flexibility index (Phi) is 5.72. The normalized spacial score (nSPS) is 16.7.